The highest BCUT2D eigenvalue weighted by Crippen LogP contribution is 2.17. The number of nitrogens with one attached hydrogen (secondary N) is 1. The predicted octanol–water partition coefficient (Wildman–Crippen LogP) is 1.36. The van der Waals surface area contributed by atoms with E-state index in [2.05, 4.69) is 17.1 Å². The molecule has 108 valence electrons. The Morgan fingerprint density at radius 1 is 1.17 bits per heavy atom. The van der Waals surface area contributed by atoms with Crippen LogP contribution in [0.15, 0.2) is 0 Å². The summed E-state index contributed by atoms with van der Waals surface area (Å²) in [6.45, 7) is 8.51. The maximum Gasteiger partial charge on any atom is 0.0589 e. The van der Waals surface area contributed by atoms with Gasteiger partial charge in [-0.1, -0.05) is 0 Å². The van der Waals surface area contributed by atoms with Gasteiger partial charge in [0.25, 0.3) is 0 Å². The molecule has 1 fully saturated rings. The van der Waals surface area contributed by atoms with E-state index in [0.717, 1.165) is 38.6 Å². The van der Waals surface area contributed by atoms with Crippen molar-refractivity contribution < 1.29 is 9.47 Å². The van der Waals surface area contributed by atoms with E-state index in [1.807, 2.05) is 0 Å². The van der Waals surface area contributed by atoms with E-state index in [4.69, 9.17) is 9.47 Å². The van der Waals surface area contributed by atoms with Gasteiger partial charge in [-0.15, -0.1) is 0 Å². The fourth-order valence-corrected chi connectivity index (χ4v) is 2.71. The first-order chi connectivity index (χ1) is 8.76. The van der Waals surface area contributed by atoms with Crippen LogP contribution in [0.1, 0.15) is 26.2 Å². The predicted molar refractivity (Wildman–Crippen MR) is 75.0 cm³/mol. The van der Waals surface area contributed by atoms with Crippen LogP contribution in [0.25, 0.3) is 0 Å². The molecule has 0 amide bonds. The van der Waals surface area contributed by atoms with Crippen molar-refractivity contribution in [1.29, 1.82) is 0 Å². The van der Waals surface area contributed by atoms with Crippen LogP contribution in [0.4, 0.5) is 0 Å². The molecule has 0 aromatic carbocycles. The molecule has 0 aliphatic carbocycles. The van der Waals surface area contributed by atoms with E-state index >= 15 is 0 Å². The Labute approximate surface area is 112 Å². The lowest BCUT2D eigenvalue weighted by atomic mass is 9.93. The molecule has 1 saturated heterocycles. The average Bonchev–Trinajstić information content (AvgIpc) is 2.36. The monoisotopic (exact) mass is 258 g/mol. The molecule has 1 N–H and O–H groups in total. The van der Waals surface area contributed by atoms with Gasteiger partial charge in [0.05, 0.1) is 6.61 Å². The molecule has 0 bridgehead atoms. The van der Waals surface area contributed by atoms with Crippen molar-refractivity contribution in [3.8, 4) is 0 Å². The fraction of sp³-hybridized carbons (Fsp3) is 1.00. The molecule has 4 heteroatoms. The second kappa shape index (κ2) is 9.73. The van der Waals surface area contributed by atoms with Crippen molar-refractivity contribution in [3.05, 3.63) is 0 Å². The number of nitrogens with zero attached hydrogens (tertiary/aromatic N) is 1. The van der Waals surface area contributed by atoms with Crippen molar-refractivity contribution in [2.24, 2.45) is 5.92 Å². The minimum absolute atomic E-state index is 0.673. The van der Waals surface area contributed by atoms with E-state index in [1.54, 1.807) is 14.2 Å². The number of rotatable bonds is 9. The van der Waals surface area contributed by atoms with Gasteiger partial charge in [-0.05, 0) is 38.6 Å². The third kappa shape index (κ3) is 6.69. The smallest absolute Gasteiger partial charge is 0.0589 e. The van der Waals surface area contributed by atoms with Gasteiger partial charge in [-0.3, -0.25) is 0 Å². The Bertz CT molecular complexity index is 202. The summed E-state index contributed by atoms with van der Waals surface area (Å²) in [4.78, 5) is 2.53. The van der Waals surface area contributed by atoms with Crippen molar-refractivity contribution in [3.63, 3.8) is 0 Å². The quantitative estimate of drug-likeness (QED) is 0.633. The number of hydrogen-bond donors (Lipinski definition) is 1. The summed E-state index contributed by atoms with van der Waals surface area (Å²) < 4.78 is 10.3. The summed E-state index contributed by atoms with van der Waals surface area (Å²) in [6, 6.07) is 0.673. The topological polar surface area (TPSA) is 33.7 Å². The van der Waals surface area contributed by atoms with Crippen molar-refractivity contribution in [2.75, 3.05) is 53.6 Å². The summed E-state index contributed by atoms with van der Waals surface area (Å²) in [5.74, 6) is 0.834. The highest BCUT2D eigenvalue weighted by Gasteiger charge is 2.20. The van der Waals surface area contributed by atoms with Gasteiger partial charge in [0.2, 0.25) is 0 Å². The Morgan fingerprint density at radius 2 is 1.94 bits per heavy atom. The number of piperidine rings is 1. The highest BCUT2D eigenvalue weighted by atomic mass is 16.5. The number of methoxy groups -OCH3 is 2. The Hall–Kier alpha value is -0.160. The van der Waals surface area contributed by atoms with Crippen LogP contribution in [0.3, 0.4) is 0 Å². The Balaban J connectivity index is 2.28. The van der Waals surface area contributed by atoms with Crippen LogP contribution in [-0.4, -0.2) is 64.6 Å². The molecule has 4 nitrogen and oxygen atoms in total. The summed E-state index contributed by atoms with van der Waals surface area (Å²) in [7, 11) is 3.55. The van der Waals surface area contributed by atoms with Crippen LogP contribution in [0.5, 0.6) is 0 Å². The molecule has 1 rings (SSSR count). The molecule has 0 saturated carbocycles. The molecule has 1 aliphatic rings. The zero-order valence-corrected chi connectivity index (χ0v) is 12.3. The molecule has 0 aromatic rings. The van der Waals surface area contributed by atoms with Crippen LogP contribution in [0, 0.1) is 5.92 Å². The van der Waals surface area contributed by atoms with Gasteiger partial charge in [-0.2, -0.15) is 0 Å². The zero-order chi connectivity index (χ0) is 13.2. The lowest BCUT2D eigenvalue weighted by molar-refractivity contribution is 0.114. The standard InChI is InChI=1S/C14H30N2O2/c1-13-11-14(5-6-15-13)12-16(8-10-18-3)7-4-9-17-2/h13-15H,4-12H2,1-3H3. The summed E-state index contributed by atoms with van der Waals surface area (Å²) >= 11 is 0. The van der Waals surface area contributed by atoms with E-state index in [9.17, 15) is 0 Å². The molecule has 1 aliphatic heterocycles. The molecular weight excluding hydrogens is 228 g/mol. The third-order valence-electron chi connectivity index (χ3n) is 3.68. The molecule has 0 spiro atoms. The highest BCUT2D eigenvalue weighted by molar-refractivity contribution is 4.77. The molecule has 2 atom stereocenters. The van der Waals surface area contributed by atoms with E-state index in [1.165, 1.54) is 25.9 Å². The minimum atomic E-state index is 0.673. The van der Waals surface area contributed by atoms with Crippen LogP contribution >= 0.6 is 0 Å². The largest absolute Gasteiger partial charge is 0.385 e. The van der Waals surface area contributed by atoms with Crippen LogP contribution in [0.2, 0.25) is 0 Å². The Morgan fingerprint density at radius 3 is 2.61 bits per heavy atom. The normalized spacial score (nSPS) is 24.7. The van der Waals surface area contributed by atoms with Gasteiger partial charge in [0, 0.05) is 46.5 Å². The zero-order valence-electron chi connectivity index (χ0n) is 12.3. The van der Waals surface area contributed by atoms with Crippen molar-refractivity contribution in [1.82, 2.24) is 10.2 Å². The molecule has 0 aromatic heterocycles. The second-order valence-corrected chi connectivity index (χ2v) is 5.39. The lowest BCUT2D eigenvalue weighted by Crippen LogP contribution is -2.41. The van der Waals surface area contributed by atoms with Gasteiger partial charge in [-0.25, -0.2) is 0 Å². The first-order valence-corrected chi connectivity index (χ1v) is 7.20. The van der Waals surface area contributed by atoms with Crippen molar-refractivity contribution >= 4 is 0 Å². The van der Waals surface area contributed by atoms with Crippen LogP contribution in [-0.2, 0) is 9.47 Å². The second-order valence-electron chi connectivity index (χ2n) is 5.39. The van der Waals surface area contributed by atoms with Crippen LogP contribution < -0.4 is 5.32 Å². The van der Waals surface area contributed by atoms with Gasteiger partial charge >= 0.3 is 0 Å². The molecule has 18 heavy (non-hydrogen) atoms. The number of ether oxygens (including phenoxy) is 2. The molecule has 2 unspecified atom stereocenters. The molecule has 1 heterocycles. The van der Waals surface area contributed by atoms with E-state index in [0.29, 0.717) is 6.04 Å². The maximum absolute atomic E-state index is 5.20. The van der Waals surface area contributed by atoms with Gasteiger partial charge < -0.3 is 19.7 Å². The maximum atomic E-state index is 5.20. The van der Waals surface area contributed by atoms with E-state index in [-0.39, 0.29) is 0 Å². The van der Waals surface area contributed by atoms with Gasteiger partial charge in [0.1, 0.15) is 0 Å². The van der Waals surface area contributed by atoms with Gasteiger partial charge in [0.15, 0.2) is 0 Å². The summed E-state index contributed by atoms with van der Waals surface area (Å²) in [5.41, 5.74) is 0. The first-order valence-electron chi connectivity index (χ1n) is 7.20. The van der Waals surface area contributed by atoms with E-state index < -0.39 is 0 Å². The fourth-order valence-electron chi connectivity index (χ4n) is 2.71. The third-order valence-corrected chi connectivity index (χ3v) is 3.68. The lowest BCUT2D eigenvalue weighted by Gasteiger charge is -2.32. The summed E-state index contributed by atoms with van der Waals surface area (Å²) in [6.07, 6.45) is 3.71. The molecule has 0 radical (unpaired) electrons. The SMILES string of the molecule is COCCCN(CCOC)CC1CCNC(C)C1. The number of hydrogen-bond acceptors (Lipinski definition) is 4. The average molecular weight is 258 g/mol. The first kappa shape index (κ1) is 15.9. The summed E-state index contributed by atoms with van der Waals surface area (Å²) in [5, 5.41) is 3.52. The van der Waals surface area contributed by atoms with Crippen molar-refractivity contribution in [2.45, 2.75) is 32.2 Å². The molecular formula is C14H30N2O2. The Kier molecular flexibility index (Phi) is 8.59. The minimum Gasteiger partial charge on any atom is -0.385 e.